The number of nitrogens with one attached hydrogen (secondary N) is 2. The zero-order valence-corrected chi connectivity index (χ0v) is 17.5. The van der Waals surface area contributed by atoms with Gasteiger partial charge in [0.05, 0.1) is 10.9 Å². The molecule has 30 heavy (non-hydrogen) atoms. The van der Waals surface area contributed by atoms with E-state index >= 15 is 0 Å². The molecule has 0 aliphatic rings. The van der Waals surface area contributed by atoms with Gasteiger partial charge < -0.3 is 19.9 Å². The van der Waals surface area contributed by atoms with E-state index in [2.05, 4.69) is 10.3 Å². The van der Waals surface area contributed by atoms with E-state index in [0.717, 1.165) is 0 Å². The number of para-hydroxylation sites is 1. The smallest absolute Gasteiger partial charge is 0.262 e. The molecular formula is C21H22N4O4S. The van der Waals surface area contributed by atoms with Crippen molar-refractivity contribution >= 4 is 40.6 Å². The predicted molar refractivity (Wildman–Crippen MR) is 117 cm³/mol. The molecule has 0 aliphatic carbocycles. The fourth-order valence-corrected chi connectivity index (χ4v) is 3.03. The minimum Gasteiger partial charge on any atom is -0.484 e. The highest BCUT2D eigenvalue weighted by Crippen LogP contribution is 2.16. The van der Waals surface area contributed by atoms with Crippen LogP contribution in [0.4, 0.5) is 5.69 Å². The Bertz CT molecular complexity index is 1180. The summed E-state index contributed by atoms with van der Waals surface area (Å²) >= 11 is 5.26. The molecule has 3 rings (SSSR count). The molecule has 0 aliphatic heterocycles. The normalized spacial score (nSPS) is 10.6. The second-order valence-corrected chi connectivity index (χ2v) is 7.22. The first-order chi connectivity index (χ1) is 14.3. The highest BCUT2D eigenvalue weighted by molar-refractivity contribution is 7.71. The molecule has 2 N–H and O–H groups in total. The maximum Gasteiger partial charge on any atom is 0.262 e. The van der Waals surface area contributed by atoms with E-state index in [-0.39, 0.29) is 41.7 Å². The number of aromatic nitrogens is 2. The summed E-state index contributed by atoms with van der Waals surface area (Å²) in [5, 5.41) is 3.29. The van der Waals surface area contributed by atoms with E-state index < -0.39 is 0 Å². The Morgan fingerprint density at radius 1 is 1.13 bits per heavy atom. The van der Waals surface area contributed by atoms with E-state index in [1.807, 2.05) is 6.07 Å². The van der Waals surface area contributed by atoms with Crippen molar-refractivity contribution in [2.75, 3.05) is 26.0 Å². The van der Waals surface area contributed by atoms with Crippen LogP contribution in [0.15, 0.2) is 53.3 Å². The van der Waals surface area contributed by atoms with Crippen LogP contribution in [-0.2, 0) is 16.1 Å². The first kappa shape index (κ1) is 21.3. The van der Waals surface area contributed by atoms with Crippen LogP contribution in [-0.4, -0.2) is 47.0 Å². The number of H-pyrrole nitrogens is 1. The number of ether oxygens (including phenoxy) is 1. The molecule has 2 aromatic carbocycles. The van der Waals surface area contributed by atoms with Crippen LogP contribution in [0.3, 0.4) is 0 Å². The number of nitrogens with zero attached hydrogens (tertiary/aromatic N) is 2. The summed E-state index contributed by atoms with van der Waals surface area (Å²) in [5.74, 6) is 0.132. The second kappa shape index (κ2) is 9.36. The van der Waals surface area contributed by atoms with E-state index in [0.29, 0.717) is 22.3 Å². The van der Waals surface area contributed by atoms with Crippen molar-refractivity contribution in [1.29, 1.82) is 0 Å². The first-order valence-corrected chi connectivity index (χ1v) is 9.70. The lowest BCUT2D eigenvalue weighted by molar-refractivity contribution is -0.130. The number of carbonyl (C=O) groups is 2. The van der Waals surface area contributed by atoms with Gasteiger partial charge in [0.15, 0.2) is 11.4 Å². The van der Waals surface area contributed by atoms with Crippen LogP contribution in [0.2, 0.25) is 0 Å². The zero-order valence-electron chi connectivity index (χ0n) is 16.7. The van der Waals surface area contributed by atoms with Crippen molar-refractivity contribution in [3.05, 3.63) is 63.7 Å². The molecular weight excluding hydrogens is 404 g/mol. The van der Waals surface area contributed by atoms with Crippen LogP contribution in [0.25, 0.3) is 10.9 Å². The van der Waals surface area contributed by atoms with Gasteiger partial charge in [0, 0.05) is 32.7 Å². The van der Waals surface area contributed by atoms with Crippen molar-refractivity contribution in [2.45, 2.75) is 13.0 Å². The molecule has 0 fully saturated rings. The lowest BCUT2D eigenvalue weighted by Gasteiger charge is -2.12. The number of carbonyl (C=O) groups excluding carboxylic acids is 2. The quantitative estimate of drug-likeness (QED) is 0.566. The number of anilines is 1. The summed E-state index contributed by atoms with van der Waals surface area (Å²) in [5.41, 5.74) is 1.03. The van der Waals surface area contributed by atoms with Gasteiger partial charge in [0.2, 0.25) is 5.91 Å². The van der Waals surface area contributed by atoms with Gasteiger partial charge in [-0.05, 0) is 48.6 Å². The highest BCUT2D eigenvalue weighted by Gasteiger charge is 2.09. The average Bonchev–Trinajstić information content (AvgIpc) is 2.72. The Morgan fingerprint density at radius 3 is 2.53 bits per heavy atom. The third-order valence-corrected chi connectivity index (χ3v) is 4.77. The number of benzene rings is 2. The molecule has 156 valence electrons. The number of amides is 2. The SMILES string of the molecule is CN(C)C(=O)COc1ccc(NC(=O)CCn2c(=S)[nH]c3ccccc3c2=O)cc1. The summed E-state index contributed by atoms with van der Waals surface area (Å²) < 4.78 is 7.06. The van der Waals surface area contributed by atoms with Crippen molar-refractivity contribution in [1.82, 2.24) is 14.5 Å². The van der Waals surface area contributed by atoms with E-state index in [4.69, 9.17) is 17.0 Å². The van der Waals surface area contributed by atoms with Crippen LogP contribution in [0.1, 0.15) is 6.42 Å². The number of hydrogen-bond acceptors (Lipinski definition) is 5. The number of likely N-dealkylation sites (N-methyl/N-ethyl adjacent to an activating group) is 1. The Balaban J connectivity index is 1.59. The Morgan fingerprint density at radius 2 is 1.83 bits per heavy atom. The summed E-state index contributed by atoms with van der Waals surface area (Å²) in [7, 11) is 3.31. The predicted octanol–water partition coefficient (Wildman–Crippen LogP) is 2.55. The van der Waals surface area contributed by atoms with Gasteiger partial charge in [-0.25, -0.2) is 0 Å². The van der Waals surface area contributed by atoms with E-state index in [9.17, 15) is 14.4 Å². The molecule has 2 amide bonds. The third-order valence-electron chi connectivity index (χ3n) is 4.45. The minimum atomic E-state index is -0.249. The van der Waals surface area contributed by atoms with Crippen molar-refractivity contribution in [2.24, 2.45) is 0 Å². The maximum absolute atomic E-state index is 12.6. The second-order valence-electron chi connectivity index (χ2n) is 6.83. The molecule has 1 heterocycles. The Kier molecular flexibility index (Phi) is 6.63. The van der Waals surface area contributed by atoms with Gasteiger partial charge in [0.1, 0.15) is 5.75 Å². The van der Waals surface area contributed by atoms with E-state index in [1.165, 1.54) is 9.47 Å². The molecule has 9 heteroatoms. The Labute approximate surface area is 178 Å². The van der Waals surface area contributed by atoms with Gasteiger partial charge in [-0.15, -0.1) is 0 Å². The zero-order chi connectivity index (χ0) is 21.7. The molecule has 1 aromatic heterocycles. The van der Waals surface area contributed by atoms with Crippen molar-refractivity contribution < 1.29 is 14.3 Å². The molecule has 0 spiro atoms. The number of fused-ring (bicyclic) bond motifs is 1. The molecule has 3 aromatic rings. The summed E-state index contributed by atoms with van der Waals surface area (Å²) in [6.45, 7) is 0.109. The monoisotopic (exact) mass is 426 g/mol. The highest BCUT2D eigenvalue weighted by atomic mass is 32.1. The molecule has 0 saturated heterocycles. The fraction of sp³-hybridized carbons (Fsp3) is 0.238. The summed E-state index contributed by atoms with van der Waals surface area (Å²) in [4.78, 5) is 40.9. The van der Waals surface area contributed by atoms with Crippen LogP contribution in [0, 0.1) is 4.77 Å². The molecule has 0 saturated carbocycles. The molecule has 0 radical (unpaired) electrons. The molecule has 0 bridgehead atoms. The molecule has 0 atom stereocenters. The number of rotatable bonds is 7. The fourth-order valence-electron chi connectivity index (χ4n) is 2.75. The largest absolute Gasteiger partial charge is 0.484 e. The van der Waals surface area contributed by atoms with E-state index in [1.54, 1.807) is 56.6 Å². The van der Waals surface area contributed by atoms with Crippen LogP contribution in [0.5, 0.6) is 5.75 Å². The Hall–Kier alpha value is -3.46. The van der Waals surface area contributed by atoms with Gasteiger partial charge in [0.25, 0.3) is 11.5 Å². The third kappa shape index (κ3) is 5.12. The van der Waals surface area contributed by atoms with Crippen molar-refractivity contribution in [3.8, 4) is 5.75 Å². The number of hydrogen-bond donors (Lipinski definition) is 2. The average molecular weight is 426 g/mol. The van der Waals surface area contributed by atoms with Crippen molar-refractivity contribution in [3.63, 3.8) is 0 Å². The topological polar surface area (TPSA) is 96.4 Å². The molecule has 0 unspecified atom stereocenters. The standard InChI is InChI=1S/C21H22N4O4S/c1-24(2)19(27)13-29-15-9-7-14(8-10-15)22-18(26)11-12-25-20(28)16-5-3-4-6-17(16)23-21(25)30/h3-10H,11-13H2,1-2H3,(H,22,26)(H,23,30). The maximum atomic E-state index is 12.6. The molecule has 8 nitrogen and oxygen atoms in total. The minimum absolute atomic E-state index is 0.0559. The summed E-state index contributed by atoms with van der Waals surface area (Å²) in [6, 6.07) is 13.8. The van der Waals surface area contributed by atoms with Gasteiger partial charge in [-0.2, -0.15) is 0 Å². The first-order valence-electron chi connectivity index (χ1n) is 9.30. The van der Waals surface area contributed by atoms with Crippen LogP contribution < -0.4 is 15.6 Å². The van der Waals surface area contributed by atoms with Gasteiger partial charge in [-0.1, -0.05) is 12.1 Å². The van der Waals surface area contributed by atoms with Gasteiger partial charge >= 0.3 is 0 Å². The lowest BCUT2D eigenvalue weighted by atomic mass is 10.2. The van der Waals surface area contributed by atoms with Crippen LogP contribution >= 0.6 is 12.2 Å². The number of aromatic amines is 1. The summed E-state index contributed by atoms with van der Waals surface area (Å²) in [6.07, 6.45) is 0.0886. The van der Waals surface area contributed by atoms with Gasteiger partial charge in [-0.3, -0.25) is 19.0 Å². The lowest BCUT2D eigenvalue weighted by Crippen LogP contribution is -2.27.